The molecule has 1 saturated carbocycles. The highest BCUT2D eigenvalue weighted by Crippen LogP contribution is 2.54. The van der Waals surface area contributed by atoms with E-state index in [4.69, 9.17) is 10.5 Å². The van der Waals surface area contributed by atoms with Crippen LogP contribution in [0.5, 0.6) is 5.75 Å². The number of benzene rings is 1. The van der Waals surface area contributed by atoms with E-state index < -0.39 is 58.0 Å². The summed E-state index contributed by atoms with van der Waals surface area (Å²) in [4.78, 5) is 43.7. The number of aliphatic hydroxyl groups is 2. The van der Waals surface area contributed by atoms with Crippen LogP contribution in [-0.4, -0.2) is 90.2 Å². The minimum Gasteiger partial charge on any atom is -0.510 e. The summed E-state index contributed by atoms with van der Waals surface area (Å²) < 4.78 is 5.71. The highest BCUT2D eigenvalue weighted by Gasteiger charge is 2.64. The number of carbonyl (C=O) groups is 3. The summed E-state index contributed by atoms with van der Waals surface area (Å²) in [7, 11) is 8.34. The van der Waals surface area contributed by atoms with Crippen molar-refractivity contribution in [2.75, 3.05) is 40.2 Å². The van der Waals surface area contributed by atoms with Gasteiger partial charge in [0.1, 0.15) is 22.8 Å². The summed E-state index contributed by atoms with van der Waals surface area (Å²) in [5, 5.41) is 37.5. The first-order chi connectivity index (χ1) is 18.7. The number of methoxy groups -OCH3 is 1. The lowest BCUT2D eigenvalue weighted by Crippen LogP contribution is -2.64. The molecule has 0 aliphatic heterocycles. The SMILES string of the molecule is CO[C@@]12C(=O)C(C(N)=O)=C(O)[C@@H](N(C)C)[C@@H]1C[C@@H]1Cc3c(c(O)cc(CNC4(C)CC4)c3N(C)C)C(=O)C1=C2O. The van der Waals surface area contributed by atoms with Gasteiger partial charge in [0.15, 0.2) is 11.4 Å². The number of nitrogens with two attached hydrogens (primary N) is 1. The monoisotopic (exact) mass is 554 g/mol. The molecule has 11 heteroatoms. The van der Waals surface area contributed by atoms with Crippen molar-refractivity contribution in [1.82, 2.24) is 10.2 Å². The molecule has 4 aliphatic rings. The Morgan fingerprint density at radius 1 is 1.18 bits per heavy atom. The van der Waals surface area contributed by atoms with Crippen LogP contribution in [0, 0.1) is 11.8 Å². The number of hydrogen-bond donors (Lipinski definition) is 5. The first-order valence-corrected chi connectivity index (χ1v) is 13.5. The highest BCUT2D eigenvalue weighted by molar-refractivity contribution is 6.25. The maximum absolute atomic E-state index is 14.1. The molecule has 0 saturated heterocycles. The average Bonchev–Trinajstić information content (AvgIpc) is 3.59. The number of Topliss-reactive ketones (excluding diaryl/α,β-unsaturated/α-hetero) is 2. The molecule has 4 aliphatic carbocycles. The molecule has 216 valence electrons. The van der Waals surface area contributed by atoms with E-state index in [0.29, 0.717) is 18.5 Å². The van der Waals surface area contributed by atoms with Crippen LogP contribution >= 0.6 is 0 Å². The topological polar surface area (TPSA) is 166 Å². The molecule has 6 N–H and O–H groups in total. The number of aliphatic hydroxyl groups excluding tert-OH is 2. The largest absolute Gasteiger partial charge is 0.510 e. The summed E-state index contributed by atoms with van der Waals surface area (Å²) in [5.41, 5.74) is 5.18. The molecule has 11 nitrogen and oxygen atoms in total. The number of fused-ring (bicyclic) bond motifs is 3. The van der Waals surface area contributed by atoms with E-state index in [2.05, 4.69) is 12.2 Å². The zero-order valence-electron chi connectivity index (χ0n) is 23.8. The van der Waals surface area contributed by atoms with Crippen LogP contribution in [0.4, 0.5) is 5.69 Å². The first-order valence-electron chi connectivity index (χ1n) is 13.5. The fraction of sp³-hybridized carbons (Fsp3) is 0.552. The smallest absolute Gasteiger partial charge is 0.255 e. The quantitative estimate of drug-likeness (QED) is 0.312. The van der Waals surface area contributed by atoms with E-state index in [9.17, 15) is 29.7 Å². The number of carbonyl (C=O) groups excluding carboxylic acids is 3. The van der Waals surface area contributed by atoms with Crippen LogP contribution in [-0.2, 0) is 27.3 Å². The van der Waals surface area contributed by atoms with E-state index in [1.165, 1.54) is 7.11 Å². The van der Waals surface area contributed by atoms with Gasteiger partial charge in [-0.1, -0.05) is 0 Å². The van der Waals surface area contributed by atoms with E-state index in [-0.39, 0.29) is 28.8 Å². The van der Waals surface area contributed by atoms with Gasteiger partial charge in [-0.15, -0.1) is 0 Å². The second kappa shape index (κ2) is 9.32. The van der Waals surface area contributed by atoms with E-state index in [1.807, 2.05) is 19.0 Å². The Morgan fingerprint density at radius 3 is 2.35 bits per heavy atom. The Bertz CT molecular complexity index is 1390. The number of hydrogen-bond acceptors (Lipinski definition) is 10. The number of nitrogens with zero attached hydrogens (tertiary/aromatic N) is 2. The molecule has 0 radical (unpaired) electrons. The van der Waals surface area contributed by atoms with Crippen molar-refractivity contribution < 1.29 is 34.4 Å². The number of aromatic hydroxyl groups is 1. The number of allylic oxidation sites excluding steroid dienone is 1. The molecule has 1 fully saturated rings. The second-order valence-corrected chi connectivity index (χ2v) is 12.2. The third-order valence-corrected chi connectivity index (χ3v) is 9.22. The van der Waals surface area contributed by atoms with Crippen molar-refractivity contribution >= 4 is 23.2 Å². The van der Waals surface area contributed by atoms with Crippen molar-refractivity contribution in [1.29, 1.82) is 0 Å². The van der Waals surface area contributed by atoms with Gasteiger partial charge in [0.25, 0.3) is 5.91 Å². The van der Waals surface area contributed by atoms with Crippen molar-refractivity contribution in [2.24, 2.45) is 17.6 Å². The Hall–Kier alpha value is -3.41. The first kappa shape index (κ1) is 28.1. The van der Waals surface area contributed by atoms with Crippen molar-refractivity contribution in [3.05, 3.63) is 45.4 Å². The molecule has 1 aromatic carbocycles. The number of phenols is 1. The summed E-state index contributed by atoms with van der Waals surface area (Å²) in [6.45, 7) is 2.66. The minimum atomic E-state index is -2.10. The predicted molar refractivity (Wildman–Crippen MR) is 147 cm³/mol. The number of primary amides is 1. The lowest BCUT2D eigenvalue weighted by Gasteiger charge is -2.51. The summed E-state index contributed by atoms with van der Waals surface area (Å²) in [6, 6.07) is 0.692. The maximum Gasteiger partial charge on any atom is 0.255 e. The van der Waals surface area contributed by atoms with Gasteiger partial charge < -0.3 is 36.0 Å². The van der Waals surface area contributed by atoms with E-state index >= 15 is 0 Å². The molecule has 4 atom stereocenters. The number of rotatable bonds is 7. The van der Waals surface area contributed by atoms with Gasteiger partial charge in [-0.05, 0) is 69.8 Å². The molecule has 0 bridgehead atoms. The standard InChI is InChI=1S/C29H38N4O7/c1-28(7-8-28)31-12-14-11-17(34)19-15(21(14)32(2)3)9-13-10-16-22(33(4)5)24(36)20(27(30)39)26(38)29(16,40-6)25(37)18(13)23(19)35/h11,13,16,22,31,34,36-37H,7-10,12H2,1-6H3,(H2,30,39)/t13-,16-,22-,29-/m0/s1. The molecule has 1 amide bonds. The number of ketones is 2. The fourth-order valence-corrected chi connectivity index (χ4v) is 7.06. The molecule has 40 heavy (non-hydrogen) atoms. The number of nitrogens with one attached hydrogen (secondary N) is 1. The van der Waals surface area contributed by atoms with Crippen LogP contribution in [0.2, 0.25) is 0 Å². The molecule has 0 aromatic heterocycles. The van der Waals surface area contributed by atoms with Crippen LogP contribution in [0.1, 0.15) is 47.7 Å². The summed E-state index contributed by atoms with van der Waals surface area (Å²) in [5.74, 6) is -5.39. The number of phenolic OH excluding ortho intramolecular Hbond substituents is 1. The summed E-state index contributed by atoms with van der Waals surface area (Å²) >= 11 is 0. The molecule has 5 rings (SSSR count). The third kappa shape index (κ3) is 3.86. The number of anilines is 1. The number of ether oxygens (including phenoxy) is 1. The third-order valence-electron chi connectivity index (χ3n) is 9.22. The summed E-state index contributed by atoms with van der Waals surface area (Å²) in [6.07, 6.45) is 2.65. The van der Waals surface area contributed by atoms with Crippen molar-refractivity contribution in [2.45, 2.75) is 56.3 Å². The van der Waals surface area contributed by atoms with Gasteiger partial charge in [0.2, 0.25) is 5.78 Å². The maximum atomic E-state index is 14.1. The van der Waals surface area contributed by atoms with Gasteiger partial charge in [0.05, 0.1) is 11.6 Å². The van der Waals surface area contributed by atoms with E-state index in [0.717, 1.165) is 24.1 Å². The zero-order valence-corrected chi connectivity index (χ0v) is 23.8. The Labute approximate surface area is 233 Å². The second-order valence-electron chi connectivity index (χ2n) is 12.2. The number of likely N-dealkylation sites (N-methyl/N-ethyl adjacent to an activating group) is 1. The van der Waals surface area contributed by atoms with E-state index in [1.54, 1.807) is 25.1 Å². The predicted octanol–water partition coefficient (Wildman–Crippen LogP) is 1.48. The van der Waals surface area contributed by atoms with Crippen LogP contribution < -0.4 is 16.0 Å². The van der Waals surface area contributed by atoms with Crippen molar-refractivity contribution in [3.63, 3.8) is 0 Å². The molecule has 1 aromatic rings. The van der Waals surface area contributed by atoms with Gasteiger partial charge in [0, 0.05) is 50.5 Å². The fourth-order valence-electron chi connectivity index (χ4n) is 7.06. The lowest BCUT2D eigenvalue weighted by molar-refractivity contribution is -0.154. The Morgan fingerprint density at radius 2 is 1.82 bits per heavy atom. The normalized spacial score (nSPS) is 28.8. The minimum absolute atomic E-state index is 0.0296. The molecule has 0 spiro atoms. The van der Waals surface area contributed by atoms with Crippen LogP contribution in [0.15, 0.2) is 28.7 Å². The zero-order chi connectivity index (χ0) is 29.5. The Kier molecular flexibility index (Phi) is 6.56. The molecular weight excluding hydrogens is 516 g/mol. The van der Waals surface area contributed by atoms with Gasteiger partial charge in [-0.3, -0.25) is 19.3 Å². The lowest BCUT2D eigenvalue weighted by atomic mass is 9.58. The van der Waals surface area contributed by atoms with Gasteiger partial charge in [-0.2, -0.15) is 0 Å². The van der Waals surface area contributed by atoms with Crippen LogP contribution in [0.25, 0.3) is 0 Å². The number of amides is 1. The molecular formula is C29H38N4O7. The highest BCUT2D eigenvalue weighted by atomic mass is 16.5. The molecule has 0 unspecified atom stereocenters. The van der Waals surface area contributed by atoms with Gasteiger partial charge in [-0.25, -0.2) is 0 Å². The molecule has 0 heterocycles. The van der Waals surface area contributed by atoms with Gasteiger partial charge >= 0.3 is 0 Å². The van der Waals surface area contributed by atoms with Crippen LogP contribution in [0.3, 0.4) is 0 Å². The average molecular weight is 555 g/mol. The van der Waals surface area contributed by atoms with Crippen molar-refractivity contribution in [3.8, 4) is 5.75 Å². The Balaban J connectivity index is 1.70.